The van der Waals surface area contributed by atoms with Crippen LogP contribution < -0.4 is 0 Å². The van der Waals surface area contributed by atoms with E-state index in [0.717, 1.165) is 25.7 Å². The van der Waals surface area contributed by atoms with Gasteiger partial charge in [0.15, 0.2) is 5.79 Å². The number of hydrogen-bond acceptors (Lipinski definition) is 4. The highest BCUT2D eigenvalue weighted by molar-refractivity contribution is 4.88. The van der Waals surface area contributed by atoms with Crippen molar-refractivity contribution in [3.8, 4) is 0 Å². The van der Waals surface area contributed by atoms with Crippen LogP contribution in [0.2, 0.25) is 0 Å². The van der Waals surface area contributed by atoms with Crippen molar-refractivity contribution in [2.75, 3.05) is 6.61 Å². The molecule has 2 heterocycles. The lowest BCUT2D eigenvalue weighted by atomic mass is 9.94. The molecule has 2 saturated heterocycles. The van der Waals surface area contributed by atoms with Crippen LogP contribution >= 0.6 is 0 Å². The van der Waals surface area contributed by atoms with Gasteiger partial charge >= 0.3 is 0 Å². The summed E-state index contributed by atoms with van der Waals surface area (Å²) in [6.45, 7) is 6.77. The monoisotopic (exact) mass is 370 g/mol. The molecule has 2 aliphatic heterocycles. The van der Waals surface area contributed by atoms with Crippen molar-refractivity contribution in [1.82, 2.24) is 0 Å². The van der Waals surface area contributed by atoms with Gasteiger partial charge in [0.1, 0.15) is 6.10 Å². The normalized spacial score (nSPS) is 28.8. The third kappa shape index (κ3) is 8.24. The SMILES string of the molecule is CCCCCCCCCCCC[C@@H](O)C[C@H]1C[C@H]([C@H]2COC(C)(C)O2)O1. The van der Waals surface area contributed by atoms with Crippen molar-refractivity contribution in [2.24, 2.45) is 0 Å². The number of rotatable bonds is 14. The van der Waals surface area contributed by atoms with Gasteiger partial charge in [0.05, 0.1) is 24.9 Å². The Morgan fingerprint density at radius 3 is 2.04 bits per heavy atom. The van der Waals surface area contributed by atoms with Crippen LogP contribution in [0.25, 0.3) is 0 Å². The van der Waals surface area contributed by atoms with Gasteiger partial charge in [-0.2, -0.15) is 0 Å². The highest BCUT2D eigenvalue weighted by atomic mass is 16.8. The standard InChI is InChI=1S/C22H42O4/c1-4-5-6-7-8-9-10-11-12-13-14-18(23)15-19-16-20(25-19)21-17-24-22(2,3)26-21/h18-21,23H,4-17H2,1-3H3/t18-,19+,20-,21-/m1/s1. The third-order valence-corrected chi connectivity index (χ3v) is 5.73. The molecule has 0 amide bonds. The minimum absolute atomic E-state index is 0.0559. The molecule has 4 nitrogen and oxygen atoms in total. The number of hydrogen-bond donors (Lipinski definition) is 1. The molecule has 0 spiro atoms. The van der Waals surface area contributed by atoms with Crippen LogP contribution in [0.1, 0.15) is 104 Å². The van der Waals surface area contributed by atoms with Crippen molar-refractivity contribution in [2.45, 2.75) is 134 Å². The molecule has 2 aliphatic rings. The molecule has 2 rings (SSSR count). The molecule has 0 saturated carbocycles. The molecule has 1 N–H and O–H groups in total. The van der Waals surface area contributed by atoms with Crippen LogP contribution in [0.15, 0.2) is 0 Å². The van der Waals surface area contributed by atoms with Gasteiger partial charge < -0.3 is 19.3 Å². The molecule has 0 unspecified atom stereocenters. The van der Waals surface area contributed by atoms with Crippen LogP contribution in [-0.4, -0.2) is 41.9 Å². The Hall–Kier alpha value is -0.160. The van der Waals surface area contributed by atoms with Crippen LogP contribution in [-0.2, 0) is 14.2 Å². The van der Waals surface area contributed by atoms with Crippen molar-refractivity contribution >= 4 is 0 Å². The van der Waals surface area contributed by atoms with Gasteiger partial charge in [0.2, 0.25) is 0 Å². The minimum Gasteiger partial charge on any atom is -0.393 e. The van der Waals surface area contributed by atoms with Gasteiger partial charge in [-0.1, -0.05) is 71.1 Å². The maximum Gasteiger partial charge on any atom is 0.163 e. The molecule has 0 radical (unpaired) electrons. The molecule has 0 aromatic carbocycles. The van der Waals surface area contributed by atoms with Crippen LogP contribution in [0.3, 0.4) is 0 Å². The van der Waals surface area contributed by atoms with Gasteiger partial charge in [0, 0.05) is 6.42 Å². The van der Waals surface area contributed by atoms with Crippen molar-refractivity contribution < 1.29 is 19.3 Å². The van der Waals surface area contributed by atoms with Crippen molar-refractivity contribution in [3.63, 3.8) is 0 Å². The first-order chi connectivity index (χ1) is 12.5. The predicted octanol–water partition coefficient (Wildman–Crippen LogP) is 5.36. The van der Waals surface area contributed by atoms with E-state index in [0.29, 0.717) is 6.61 Å². The summed E-state index contributed by atoms with van der Waals surface area (Å²) >= 11 is 0. The first kappa shape index (κ1) is 22.1. The summed E-state index contributed by atoms with van der Waals surface area (Å²) in [5.41, 5.74) is 0. The summed E-state index contributed by atoms with van der Waals surface area (Å²) < 4.78 is 17.3. The fraction of sp³-hybridized carbons (Fsp3) is 1.00. The van der Waals surface area contributed by atoms with E-state index in [1.165, 1.54) is 57.8 Å². The Kier molecular flexibility index (Phi) is 9.90. The molecular weight excluding hydrogens is 328 g/mol. The van der Waals surface area contributed by atoms with Gasteiger partial charge in [-0.3, -0.25) is 0 Å². The summed E-state index contributed by atoms with van der Waals surface area (Å²) in [5.74, 6) is -0.478. The first-order valence-electron chi connectivity index (χ1n) is 11.2. The topological polar surface area (TPSA) is 47.9 Å². The molecule has 0 aromatic heterocycles. The van der Waals surface area contributed by atoms with E-state index in [4.69, 9.17) is 14.2 Å². The summed E-state index contributed by atoms with van der Waals surface area (Å²) in [7, 11) is 0. The fourth-order valence-corrected chi connectivity index (χ4v) is 4.07. The van der Waals surface area contributed by atoms with E-state index in [-0.39, 0.29) is 24.4 Å². The average molecular weight is 371 g/mol. The lowest BCUT2D eigenvalue weighted by Gasteiger charge is -2.39. The smallest absolute Gasteiger partial charge is 0.163 e. The van der Waals surface area contributed by atoms with Crippen molar-refractivity contribution in [3.05, 3.63) is 0 Å². The fourth-order valence-electron chi connectivity index (χ4n) is 4.07. The molecule has 4 atom stereocenters. The lowest BCUT2D eigenvalue weighted by Crippen LogP contribution is -2.47. The Morgan fingerprint density at radius 2 is 1.50 bits per heavy atom. The number of aliphatic hydroxyl groups is 1. The van der Waals surface area contributed by atoms with Gasteiger partial charge in [-0.25, -0.2) is 0 Å². The number of aliphatic hydroxyl groups excluding tert-OH is 1. The summed E-state index contributed by atoms with van der Waals surface area (Å²) in [4.78, 5) is 0. The van der Waals surface area contributed by atoms with E-state index >= 15 is 0 Å². The lowest BCUT2D eigenvalue weighted by molar-refractivity contribution is -0.207. The molecule has 4 heteroatoms. The van der Waals surface area contributed by atoms with Gasteiger partial charge in [0.25, 0.3) is 0 Å². The highest BCUT2D eigenvalue weighted by Crippen LogP contribution is 2.34. The Labute approximate surface area is 161 Å². The number of unbranched alkanes of at least 4 members (excludes halogenated alkanes) is 9. The number of ether oxygens (including phenoxy) is 3. The van der Waals surface area contributed by atoms with E-state index in [1.54, 1.807) is 0 Å². The van der Waals surface area contributed by atoms with Crippen LogP contribution in [0.4, 0.5) is 0 Å². The molecular formula is C22H42O4. The van der Waals surface area contributed by atoms with E-state index in [1.807, 2.05) is 13.8 Å². The third-order valence-electron chi connectivity index (χ3n) is 5.73. The molecule has 0 bridgehead atoms. The zero-order valence-electron chi connectivity index (χ0n) is 17.4. The predicted molar refractivity (Wildman–Crippen MR) is 105 cm³/mol. The summed E-state index contributed by atoms with van der Waals surface area (Å²) in [6, 6.07) is 0. The Bertz CT molecular complexity index is 365. The Balaban J connectivity index is 1.38. The molecule has 26 heavy (non-hydrogen) atoms. The van der Waals surface area contributed by atoms with Gasteiger partial charge in [-0.05, 0) is 26.7 Å². The zero-order valence-corrected chi connectivity index (χ0v) is 17.4. The maximum absolute atomic E-state index is 10.2. The van der Waals surface area contributed by atoms with Gasteiger partial charge in [-0.15, -0.1) is 0 Å². The second-order valence-electron chi connectivity index (χ2n) is 8.76. The average Bonchev–Trinajstić information content (AvgIpc) is 2.91. The Morgan fingerprint density at radius 1 is 0.923 bits per heavy atom. The molecule has 2 fully saturated rings. The van der Waals surface area contributed by atoms with E-state index in [2.05, 4.69) is 6.92 Å². The summed E-state index contributed by atoms with van der Waals surface area (Å²) in [5, 5.41) is 10.2. The molecule has 154 valence electrons. The van der Waals surface area contributed by atoms with Crippen LogP contribution in [0, 0.1) is 0 Å². The van der Waals surface area contributed by atoms with E-state index in [9.17, 15) is 5.11 Å². The quantitative estimate of drug-likeness (QED) is 0.418. The maximum atomic E-state index is 10.2. The largest absolute Gasteiger partial charge is 0.393 e. The first-order valence-corrected chi connectivity index (χ1v) is 11.2. The van der Waals surface area contributed by atoms with E-state index < -0.39 is 5.79 Å². The molecule has 0 aromatic rings. The second kappa shape index (κ2) is 11.6. The van der Waals surface area contributed by atoms with Crippen LogP contribution in [0.5, 0.6) is 0 Å². The van der Waals surface area contributed by atoms with Crippen molar-refractivity contribution in [1.29, 1.82) is 0 Å². The summed E-state index contributed by atoms with van der Waals surface area (Å²) in [6.07, 6.45) is 16.2. The molecule has 0 aliphatic carbocycles. The second-order valence-corrected chi connectivity index (χ2v) is 8.76. The highest BCUT2D eigenvalue weighted by Gasteiger charge is 2.44. The minimum atomic E-state index is -0.478. The zero-order chi connectivity index (χ0) is 18.8.